The largest absolute Gasteiger partial charge is 0.505 e. The minimum absolute atomic E-state index is 0.0166. The minimum Gasteiger partial charge on any atom is -0.505 e. The Hall–Kier alpha value is -1.96. The summed E-state index contributed by atoms with van der Waals surface area (Å²) >= 11 is 1.02. The minimum atomic E-state index is -0.637. The predicted molar refractivity (Wildman–Crippen MR) is 70.4 cm³/mol. The van der Waals surface area contributed by atoms with Gasteiger partial charge < -0.3 is 20.1 Å². The molecule has 0 atom stereocenters. The van der Waals surface area contributed by atoms with Gasteiger partial charge >= 0.3 is 5.97 Å². The number of amides is 1. The molecule has 0 fully saturated rings. The number of ether oxygens (including phenoxy) is 1. The summed E-state index contributed by atoms with van der Waals surface area (Å²) in [5, 5.41) is 12.2. The van der Waals surface area contributed by atoms with Crippen LogP contribution in [-0.4, -0.2) is 34.3 Å². The van der Waals surface area contributed by atoms with Crippen LogP contribution in [0.3, 0.4) is 0 Å². The molecule has 0 bridgehead atoms. The number of carbonyl (C=O) groups excluding carboxylic acids is 2. The zero-order chi connectivity index (χ0) is 14.4. The molecule has 0 spiro atoms. The molecular weight excluding hydrogens is 272 g/mol. The zero-order valence-electron chi connectivity index (χ0n) is 10.5. The Bertz CT molecular complexity index is 540. The molecule has 8 heteroatoms. The van der Waals surface area contributed by atoms with Gasteiger partial charge in [-0.2, -0.15) is 0 Å². The van der Waals surface area contributed by atoms with Gasteiger partial charge in [0.1, 0.15) is 11.4 Å². The number of carbonyl (C=O) groups is 2. The smallest absolute Gasteiger partial charge is 0.316 e. The lowest BCUT2D eigenvalue weighted by Crippen LogP contribution is -2.18. The van der Waals surface area contributed by atoms with Crippen LogP contribution in [0.15, 0.2) is 15.9 Å². The first-order valence-electron chi connectivity index (χ1n) is 5.46. The number of esters is 1. The quantitative estimate of drug-likeness (QED) is 0.543. The molecule has 0 saturated carbocycles. The summed E-state index contributed by atoms with van der Waals surface area (Å²) in [6.07, 6.45) is 0. The van der Waals surface area contributed by atoms with Crippen LogP contribution in [-0.2, 0) is 14.3 Å². The van der Waals surface area contributed by atoms with Crippen molar-refractivity contribution in [2.24, 2.45) is 0 Å². The van der Waals surface area contributed by atoms with E-state index in [9.17, 15) is 19.5 Å². The van der Waals surface area contributed by atoms with E-state index in [0.717, 1.165) is 11.8 Å². The zero-order valence-corrected chi connectivity index (χ0v) is 11.3. The third-order valence-electron chi connectivity index (χ3n) is 1.94. The summed E-state index contributed by atoms with van der Waals surface area (Å²) in [7, 11) is 0. The Morgan fingerprint density at radius 1 is 1.53 bits per heavy atom. The summed E-state index contributed by atoms with van der Waals surface area (Å²) in [4.78, 5) is 36.0. The van der Waals surface area contributed by atoms with Gasteiger partial charge in [0, 0.05) is 13.0 Å². The summed E-state index contributed by atoms with van der Waals surface area (Å²) in [6, 6.07) is 1.26. The van der Waals surface area contributed by atoms with E-state index in [4.69, 9.17) is 4.74 Å². The molecule has 0 aliphatic rings. The van der Waals surface area contributed by atoms with Crippen molar-refractivity contribution in [3.8, 4) is 5.75 Å². The first-order chi connectivity index (χ1) is 8.93. The number of pyridine rings is 1. The molecule has 1 aromatic heterocycles. The van der Waals surface area contributed by atoms with Crippen LogP contribution in [0.2, 0.25) is 0 Å². The van der Waals surface area contributed by atoms with Crippen LogP contribution in [0.25, 0.3) is 0 Å². The third kappa shape index (κ3) is 4.66. The van der Waals surface area contributed by atoms with Gasteiger partial charge in [0.15, 0.2) is 0 Å². The second kappa shape index (κ2) is 6.83. The Balaban J connectivity index is 2.80. The molecule has 1 heterocycles. The number of aromatic amines is 1. The van der Waals surface area contributed by atoms with Gasteiger partial charge in [-0.3, -0.25) is 14.4 Å². The Labute approximate surface area is 113 Å². The van der Waals surface area contributed by atoms with Crippen molar-refractivity contribution in [1.29, 1.82) is 0 Å². The summed E-state index contributed by atoms with van der Waals surface area (Å²) < 4.78 is 4.73. The first-order valence-corrected chi connectivity index (χ1v) is 6.45. The van der Waals surface area contributed by atoms with E-state index in [0.29, 0.717) is 5.03 Å². The average Bonchev–Trinajstić information content (AvgIpc) is 2.31. The maximum absolute atomic E-state index is 11.6. The van der Waals surface area contributed by atoms with Gasteiger partial charge in [0.25, 0.3) is 5.56 Å². The standard InChI is InChI=1S/C11H14N2O5S/c1-3-18-9(16)5-19-8-4-7(15)10(11(17)13-8)12-6(2)14/h4H,3,5H2,1-2H3,(H,12,14)(H2,13,15,17). The molecule has 0 aliphatic heterocycles. The molecule has 7 nitrogen and oxygen atoms in total. The Kier molecular flexibility index (Phi) is 5.43. The second-order valence-electron chi connectivity index (χ2n) is 3.50. The fourth-order valence-corrected chi connectivity index (χ4v) is 1.95. The monoisotopic (exact) mass is 286 g/mol. The molecule has 0 aromatic carbocycles. The fourth-order valence-electron chi connectivity index (χ4n) is 1.24. The van der Waals surface area contributed by atoms with Crippen LogP contribution < -0.4 is 10.9 Å². The molecule has 0 unspecified atom stereocenters. The normalized spacial score (nSPS) is 10.0. The molecule has 1 rings (SSSR count). The van der Waals surface area contributed by atoms with Gasteiger partial charge in [-0.15, -0.1) is 0 Å². The van der Waals surface area contributed by atoms with Gasteiger partial charge in [0.05, 0.1) is 17.4 Å². The molecule has 1 amide bonds. The van der Waals surface area contributed by atoms with Gasteiger partial charge in [0.2, 0.25) is 5.91 Å². The van der Waals surface area contributed by atoms with Gasteiger partial charge in [-0.1, -0.05) is 11.8 Å². The number of aromatic nitrogens is 1. The van der Waals surface area contributed by atoms with Crippen molar-refractivity contribution in [3.05, 3.63) is 16.4 Å². The van der Waals surface area contributed by atoms with E-state index in [-0.39, 0.29) is 23.8 Å². The topological polar surface area (TPSA) is 108 Å². The fraction of sp³-hybridized carbons (Fsp3) is 0.364. The molecule has 104 valence electrons. The number of H-pyrrole nitrogens is 1. The molecule has 19 heavy (non-hydrogen) atoms. The van der Waals surface area contributed by atoms with Crippen LogP contribution in [0, 0.1) is 0 Å². The van der Waals surface area contributed by atoms with Crippen molar-refractivity contribution in [2.75, 3.05) is 17.7 Å². The highest BCUT2D eigenvalue weighted by Gasteiger charge is 2.11. The van der Waals surface area contributed by atoms with E-state index in [1.165, 1.54) is 13.0 Å². The number of hydrogen-bond acceptors (Lipinski definition) is 6. The van der Waals surface area contributed by atoms with Crippen LogP contribution >= 0.6 is 11.8 Å². The van der Waals surface area contributed by atoms with E-state index < -0.39 is 17.4 Å². The molecule has 1 aromatic rings. The lowest BCUT2D eigenvalue weighted by atomic mass is 10.3. The predicted octanol–water partition coefficient (Wildman–Crippen LogP) is 0.694. The summed E-state index contributed by atoms with van der Waals surface area (Å²) in [5.41, 5.74) is -0.852. The first kappa shape index (κ1) is 15.1. The second-order valence-corrected chi connectivity index (χ2v) is 4.52. The highest BCUT2D eigenvalue weighted by molar-refractivity contribution is 7.99. The highest BCUT2D eigenvalue weighted by Crippen LogP contribution is 2.24. The van der Waals surface area contributed by atoms with Crippen molar-refractivity contribution in [3.63, 3.8) is 0 Å². The van der Waals surface area contributed by atoms with E-state index in [2.05, 4.69) is 10.3 Å². The number of thioether (sulfide) groups is 1. The van der Waals surface area contributed by atoms with Crippen molar-refractivity contribution in [1.82, 2.24) is 4.98 Å². The Morgan fingerprint density at radius 2 is 2.21 bits per heavy atom. The molecule has 0 aliphatic carbocycles. The Morgan fingerprint density at radius 3 is 2.74 bits per heavy atom. The lowest BCUT2D eigenvalue weighted by molar-refractivity contribution is -0.139. The summed E-state index contributed by atoms with van der Waals surface area (Å²) in [5.74, 6) is -1.22. The van der Waals surface area contributed by atoms with Crippen LogP contribution in [0.4, 0.5) is 5.69 Å². The molecule has 0 radical (unpaired) electrons. The lowest BCUT2D eigenvalue weighted by Gasteiger charge is -2.06. The number of aromatic hydroxyl groups is 1. The van der Waals surface area contributed by atoms with Crippen LogP contribution in [0.1, 0.15) is 13.8 Å². The van der Waals surface area contributed by atoms with Crippen molar-refractivity contribution < 1.29 is 19.4 Å². The van der Waals surface area contributed by atoms with E-state index >= 15 is 0 Å². The number of nitrogens with one attached hydrogen (secondary N) is 2. The van der Waals surface area contributed by atoms with Gasteiger partial charge in [-0.25, -0.2) is 0 Å². The van der Waals surface area contributed by atoms with Gasteiger partial charge in [-0.05, 0) is 6.92 Å². The van der Waals surface area contributed by atoms with Crippen molar-refractivity contribution in [2.45, 2.75) is 18.9 Å². The van der Waals surface area contributed by atoms with E-state index in [1.807, 2.05) is 0 Å². The number of hydrogen-bond donors (Lipinski definition) is 3. The molecular formula is C11H14N2O5S. The van der Waals surface area contributed by atoms with E-state index in [1.54, 1.807) is 6.92 Å². The maximum Gasteiger partial charge on any atom is 0.316 e. The highest BCUT2D eigenvalue weighted by atomic mass is 32.2. The van der Waals surface area contributed by atoms with Crippen molar-refractivity contribution >= 4 is 29.3 Å². The maximum atomic E-state index is 11.6. The van der Waals surface area contributed by atoms with Crippen LogP contribution in [0.5, 0.6) is 5.75 Å². The number of anilines is 1. The number of rotatable bonds is 5. The third-order valence-corrected chi connectivity index (χ3v) is 2.85. The SMILES string of the molecule is CCOC(=O)CSc1cc(O)c(NC(C)=O)c(=O)[nH]1. The summed E-state index contributed by atoms with van der Waals surface area (Å²) in [6.45, 7) is 3.20. The molecule has 0 saturated heterocycles. The average molecular weight is 286 g/mol. The molecule has 3 N–H and O–H groups in total.